The Morgan fingerprint density at radius 1 is 1.19 bits per heavy atom. The lowest BCUT2D eigenvalue weighted by atomic mass is 9.76. The van der Waals surface area contributed by atoms with E-state index in [0.717, 1.165) is 15.6 Å². The van der Waals surface area contributed by atoms with E-state index in [4.69, 9.17) is 0 Å². The van der Waals surface area contributed by atoms with Crippen molar-refractivity contribution in [1.82, 2.24) is 0 Å². The molecule has 0 aromatic heterocycles. The molecule has 0 spiro atoms. The zero-order chi connectivity index (χ0) is 15.6. The first-order chi connectivity index (χ1) is 9.88. The lowest BCUT2D eigenvalue weighted by Crippen LogP contribution is -2.36. The molecule has 21 heavy (non-hydrogen) atoms. The topological polar surface area (TPSA) is 66.4 Å². The summed E-state index contributed by atoms with van der Waals surface area (Å²) in [5.74, 6) is -2.31. The van der Waals surface area contributed by atoms with E-state index in [9.17, 15) is 14.7 Å². The second-order valence-electron chi connectivity index (χ2n) is 5.52. The number of amides is 1. The molecule has 2 atom stereocenters. The van der Waals surface area contributed by atoms with Crippen LogP contribution in [0.5, 0.6) is 0 Å². The summed E-state index contributed by atoms with van der Waals surface area (Å²) in [4.78, 5) is 23.9. The van der Waals surface area contributed by atoms with Gasteiger partial charge < -0.3 is 10.4 Å². The van der Waals surface area contributed by atoms with Crippen molar-refractivity contribution in [3.63, 3.8) is 0 Å². The summed E-state index contributed by atoms with van der Waals surface area (Å²) in [7, 11) is 0. The Bertz CT molecular complexity index is 609. The SMILES string of the molecule is CC1=C(C)C[C@@H](C(=O)Nc2cccc(Br)c2)[C@@H](C(=O)O)C1. The zero-order valence-electron chi connectivity index (χ0n) is 12.0. The van der Waals surface area contributed by atoms with Crippen LogP contribution < -0.4 is 5.32 Å². The quantitative estimate of drug-likeness (QED) is 0.813. The number of carbonyl (C=O) groups excluding carboxylic acids is 1. The van der Waals surface area contributed by atoms with Gasteiger partial charge in [0.05, 0.1) is 11.8 Å². The monoisotopic (exact) mass is 351 g/mol. The van der Waals surface area contributed by atoms with Crippen LogP contribution in [0.25, 0.3) is 0 Å². The van der Waals surface area contributed by atoms with Gasteiger partial charge in [0, 0.05) is 10.2 Å². The molecule has 0 fully saturated rings. The van der Waals surface area contributed by atoms with Gasteiger partial charge in [0.15, 0.2) is 0 Å². The van der Waals surface area contributed by atoms with Gasteiger partial charge in [0.25, 0.3) is 0 Å². The number of benzene rings is 1. The van der Waals surface area contributed by atoms with Crippen molar-refractivity contribution in [1.29, 1.82) is 0 Å². The van der Waals surface area contributed by atoms with Crippen molar-refractivity contribution in [2.45, 2.75) is 26.7 Å². The second kappa shape index (κ2) is 6.43. The molecule has 1 aliphatic rings. The molecule has 1 aromatic carbocycles. The minimum Gasteiger partial charge on any atom is -0.481 e. The van der Waals surface area contributed by atoms with Crippen molar-refractivity contribution in [2.24, 2.45) is 11.8 Å². The van der Waals surface area contributed by atoms with Crippen molar-refractivity contribution >= 4 is 33.5 Å². The van der Waals surface area contributed by atoms with E-state index in [1.807, 2.05) is 26.0 Å². The number of carboxylic acids is 1. The van der Waals surface area contributed by atoms with Crippen molar-refractivity contribution in [2.75, 3.05) is 5.32 Å². The highest BCUT2D eigenvalue weighted by Gasteiger charge is 2.37. The average Bonchev–Trinajstić information content (AvgIpc) is 2.41. The van der Waals surface area contributed by atoms with Gasteiger partial charge in [-0.25, -0.2) is 0 Å². The molecule has 0 heterocycles. The van der Waals surface area contributed by atoms with Gasteiger partial charge >= 0.3 is 5.97 Å². The highest BCUT2D eigenvalue weighted by atomic mass is 79.9. The number of hydrogen-bond acceptors (Lipinski definition) is 2. The predicted octanol–water partition coefficient (Wildman–Crippen LogP) is 3.83. The number of hydrogen-bond donors (Lipinski definition) is 2. The largest absolute Gasteiger partial charge is 0.481 e. The number of halogens is 1. The first kappa shape index (κ1) is 15.8. The Balaban J connectivity index is 2.18. The van der Waals surface area contributed by atoms with Crippen LogP contribution >= 0.6 is 15.9 Å². The van der Waals surface area contributed by atoms with Crippen LogP contribution in [0, 0.1) is 11.8 Å². The molecule has 112 valence electrons. The van der Waals surface area contributed by atoms with Crippen LogP contribution in [0.2, 0.25) is 0 Å². The predicted molar refractivity (Wildman–Crippen MR) is 85.0 cm³/mol. The van der Waals surface area contributed by atoms with Crippen molar-refractivity contribution in [3.8, 4) is 0 Å². The molecule has 5 heteroatoms. The maximum atomic E-state index is 12.4. The van der Waals surface area contributed by atoms with E-state index in [2.05, 4.69) is 21.2 Å². The fraction of sp³-hybridized carbons (Fsp3) is 0.375. The van der Waals surface area contributed by atoms with Crippen LogP contribution in [0.15, 0.2) is 39.9 Å². The van der Waals surface area contributed by atoms with E-state index in [-0.39, 0.29) is 5.91 Å². The Morgan fingerprint density at radius 2 is 1.81 bits per heavy atom. The van der Waals surface area contributed by atoms with Crippen LogP contribution in [0.4, 0.5) is 5.69 Å². The van der Waals surface area contributed by atoms with E-state index < -0.39 is 17.8 Å². The van der Waals surface area contributed by atoms with E-state index in [1.165, 1.54) is 0 Å². The molecular weight excluding hydrogens is 334 g/mol. The van der Waals surface area contributed by atoms with Gasteiger partial charge in [-0.15, -0.1) is 0 Å². The summed E-state index contributed by atoms with van der Waals surface area (Å²) in [6.07, 6.45) is 0.945. The maximum absolute atomic E-state index is 12.4. The Morgan fingerprint density at radius 3 is 2.38 bits per heavy atom. The highest BCUT2D eigenvalue weighted by molar-refractivity contribution is 9.10. The van der Waals surface area contributed by atoms with Crippen LogP contribution in [-0.2, 0) is 9.59 Å². The number of aliphatic carboxylic acids is 1. The lowest BCUT2D eigenvalue weighted by molar-refractivity contribution is -0.146. The molecule has 0 saturated heterocycles. The van der Waals surface area contributed by atoms with E-state index >= 15 is 0 Å². The molecule has 2 rings (SSSR count). The molecule has 1 aliphatic carbocycles. The number of anilines is 1. The van der Waals surface area contributed by atoms with Gasteiger partial charge in [-0.1, -0.05) is 33.1 Å². The summed E-state index contributed by atoms with van der Waals surface area (Å²) in [6, 6.07) is 7.27. The molecule has 1 aromatic rings. The minimum absolute atomic E-state index is 0.229. The zero-order valence-corrected chi connectivity index (χ0v) is 13.6. The third kappa shape index (κ3) is 3.73. The third-order valence-corrected chi connectivity index (χ3v) is 4.51. The summed E-state index contributed by atoms with van der Waals surface area (Å²) in [5, 5.41) is 12.2. The third-order valence-electron chi connectivity index (χ3n) is 4.01. The summed E-state index contributed by atoms with van der Waals surface area (Å²) in [5.41, 5.74) is 2.86. The number of carbonyl (C=O) groups is 2. The standard InChI is InChI=1S/C16H18BrNO3/c1-9-6-13(14(16(20)21)7-10(9)2)15(19)18-12-5-3-4-11(17)8-12/h3-5,8,13-14H,6-7H2,1-2H3,(H,18,19)(H,20,21)/t13-,14+/m1/s1. The molecule has 1 amide bonds. The summed E-state index contributed by atoms with van der Waals surface area (Å²) >= 11 is 3.35. The van der Waals surface area contributed by atoms with Gasteiger partial charge in [0.1, 0.15) is 0 Å². The van der Waals surface area contributed by atoms with Gasteiger partial charge in [-0.05, 0) is 44.9 Å². The van der Waals surface area contributed by atoms with Crippen LogP contribution in [0.3, 0.4) is 0 Å². The fourth-order valence-corrected chi connectivity index (χ4v) is 3.03. The van der Waals surface area contributed by atoms with Crippen LogP contribution in [-0.4, -0.2) is 17.0 Å². The molecule has 0 bridgehead atoms. The average molecular weight is 352 g/mol. The van der Waals surface area contributed by atoms with Crippen molar-refractivity contribution < 1.29 is 14.7 Å². The number of rotatable bonds is 3. The lowest BCUT2D eigenvalue weighted by Gasteiger charge is -2.29. The fourth-order valence-electron chi connectivity index (χ4n) is 2.63. The molecule has 0 aliphatic heterocycles. The second-order valence-corrected chi connectivity index (χ2v) is 6.44. The minimum atomic E-state index is -0.906. The Labute approximate surface area is 132 Å². The first-order valence-corrected chi connectivity index (χ1v) is 7.62. The van der Waals surface area contributed by atoms with Gasteiger partial charge in [-0.2, -0.15) is 0 Å². The first-order valence-electron chi connectivity index (χ1n) is 6.83. The summed E-state index contributed by atoms with van der Waals surface area (Å²) in [6.45, 7) is 3.90. The molecule has 0 unspecified atom stereocenters. The van der Waals surface area contributed by atoms with Crippen LogP contribution in [0.1, 0.15) is 26.7 Å². The van der Waals surface area contributed by atoms with Gasteiger partial charge in [0.2, 0.25) is 5.91 Å². The molecule has 4 nitrogen and oxygen atoms in total. The smallest absolute Gasteiger partial charge is 0.307 e. The van der Waals surface area contributed by atoms with E-state index in [0.29, 0.717) is 18.5 Å². The van der Waals surface area contributed by atoms with Gasteiger partial charge in [-0.3, -0.25) is 9.59 Å². The Hall–Kier alpha value is -1.62. The Kier molecular flexibility index (Phi) is 4.83. The number of carboxylic acid groups (broad SMARTS) is 1. The molecule has 0 radical (unpaired) electrons. The summed E-state index contributed by atoms with van der Waals surface area (Å²) < 4.78 is 0.866. The van der Waals surface area contributed by atoms with E-state index in [1.54, 1.807) is 12.1 Å². The highest BCUT2D eigenvalue weighted by Crippen LogP contribution is 2.35. The number of allylic oxidation sites excluding steroid dienone is 2. The number of nitrogens with one attached hydrogen (secondary N) is 1. The maximum Gasteiger partial charge on any atom is 0.307 e. The molecular formula is C16H18BrNO3. The normalized spacial score (nSPS) is 22.0. The van der Waals surface area contributed by atoms with Crippen molar-refractivity contribution in [3.05, 3.63) is 39.9 Å². The molecule has 0 saturated carbocycles. The molecule has 2 N–H and O–H groups in total.